The first-order valence-electron chi connectivity index (χ1n) is 5.21. The Kier molecular flexibility index (Phi) is 3.81. The maximum Gasteiger partial charge on any atom is 0.102 e. The van der Waals surface area contributed by atoms with Gasteiger partial charge >= 0.3 is 0 Å². The lowest BCUT2D eigenvalue weighted by Crippen LogP contribution is -2.36. The highest BCUT2D eigenvalue weighted by Crippen LogP contribution is 2.37. The molecule has 1 saturated carbocycles. The predicted molar refractivity (Wildman–Crippen MR) is 56.9 cm³/mol. The van der Waals surface area contributed by atoms with Crippen LogP contribution in [-0.2, 0) is 0 Å². The fourth-order valence-electron chi connectivity index (χ4n) is 2.68. The highest BCUT2D eigenvalue weighted by Gasteiger charge is 2.34. The Morgan fingerprint density at radius 3 is 2.64 bits per heavy atom. The first-order chi connectivity index (χ1) is 6.56. The fourth-order valence-corrected chi connectivity index (χ4v) is 2.68. The molecule has 14 heavy (non-hydrogen) atoms. The van der Waals surface area contributed by atoms with Crippen molar-refractivity contribution < 1.29 is 5.11 Å². The van der Waals surface area contributed by atoms with Crippen molar-refractivity contribution >= 4 is 0 Å². The summed E-state index contributed by atoms with van der Waals surface area (Å²) < 4.78 is 0. The monoisotopic (exact) mass is 197 g/mol. The molecular formula is C11H19NO2. The summed E-state index contributed by atoms with van der Waals surface area (Å²) >= 11 is 0. The van der Waals surface area contributed by atoms with Gasteiger partial charge in [0.15, 0.2) is 0 Å². The largest absolute Gasteiger partial charge is 0.392 e. The molecule has 0 amide bonds. The van der Waals surface area contributed by atoms with Crippen molar-refractivity contribution in [1.82, 2.24) is 0 Å². The van der Waals surface area contributed by atoms with Crippen LogP contribution in [0.5, 0.6) is 0 Å². The van der Waals surface area contributed by atoms with E-state index in [9.17, 15) is 10.0 Å². The molecule has 1 N–H and O–H groups in total. The van der Waals surface area contributed by atoms with Gasteiger partial charge in [-0.3, -0.25) is 0 Å². The van der Waals surface area contributed by atoms with Gasteiger partial charge in [0.05, 0.1) is 6.10 Å². The van der Waals surface area contributed by atoms with E-state index in [0.29, 0.717) is 11.8 Å². The summed E-state index contributed by atoms with van der Waals surface area (Å²) in [4.78, 5) is 10.1. The van der Waals surface area contributed by atoms with Crippen LogP contribution in [0.4, 0.5) is 0 Å². The van der Waals surface area contributed by atoms with Crippen molar-refractivity contribution in [2.45, 2.75) is 32.8 Å². The minimum Gasteiger partial charge on any atom is -0.392 e. The van der Waals surface area contributed by atoms with E-state index in [-0.39, 0.29) is 18.6 Å². The summed E-state index contributed by atoms with van der Waals surface area (Å²) in [6, 6.07) is 0. The number of rotatable bonds is 3. The highest BCUT2D eigenvalue weighted by molar-refractivity contribution is 5.08. The van der Waals surface area contributed by atoms with Gasteiger partial charge in [-0.05, 0) is 30.3 Å². The number of nitrogens with zero attached hydrogens (tertiary/aromatic N) is 1. The van der Waals surface area contributed by atoms with Gasteiger partial charge in [-0.1, -0.05) is 25.6 Å². The molecule has 0 aromatic rings. The van der Waals surface area contributed by atoms with Crippen LogP contribution in [0.25, 0.3) is 0 Å². The van der Waals surface area contributed by atoms with Crippen LogP contribution in [0.15, 0.2) is 17.3 Å². The van der Waals surface area contributed by atoms with E-state index in [2.05, 4.69) is 25.6 Å². The Labute approximate surface area is 85.2 Å². The molecule has 0 radical (unpaired) electrons. The lowest BCUT2D eigenvalue weighted by molar-refractivity contribution is 0.0341. The van der Waals surface area contributed by atoms with Gasteiger partial charge in [0, 0.05) is 5.92 Å². The summed E-state index contributed by atoms with van der Waals surface area (Å²) in [7, 11) is 0. The van der Waals surface area contributed by atoms with Crippen molar-refractivity contribution in [3.8, 4) is 0 Å². The Balaban J connectivity index is 2.66. The molecule has 0 aliphatic heterocycles. The average Bonchev–Trinajstić information content (AvgIpc) is 2.01. The first-order valence-corrected chi connectivity index (χ1v) is 5.21. The van der Waals surface area contributed by atoms with Crippen LogP contribution in [0, 0.1) is 22.7 Å². The fraction of sp³-hybridized carbons (Fsp3) is 0.818. The third-order valence-electron chi connectivity index (χ3n) is 3.18. The van der Waals surface area contributed by atoms with Crippen molar-refractivity contribution in [3.05, 3.63) is 17.1 Å². The summed E-state index contributed by atoms with van der Waals surface area (Å²) in [5, 5.41) is 12.7. The lowest BCUT2D eigenvalue weighted by Gasteiger charge is -2.37. The molecule has 3 heteroatoms. The van der Waals surface area contributed by atoms with Gasteiger partial charge in [0.1, 0.15) is 6.54 Å². The van der Waals surface area contributed by atoms with E-state index in [4.69, 9.17) is 0 Å². The number of nitroso groups, excluding NO2 is 1. The molecule has 0 saturated heterocycles. The molecule has 0 bridgehead atoms. The molecule has 1 rings (SSSR count). The summed E-state index contributed by atoms with van der Waals surface area (Å²) in [5.41, 5.74) is 0.784. The van der Waals surface area contributed by atoms with Crippen LogP contribution in [-0.4, -0.2) is 17.8 Å². The Bertz CT molecular complexity index is 215. The van der Waals surface area contributed by atoms with Crippen molar-refractivity contribution in [1.29, 1.82) is 0 Å². The van der Waals surface area contributed by atoms with Gasteiger partial charge in [-0.2, -0.15) is 4.91 Å². The standard InChI is InChI=1S/C11H19NO2/c1-7-4-8(2)11(10(13)5-7)9(3)6-12-14/h7-8,10-11,13H,3-6H2,1-2H3/t7-,8?,10-,11+/m1/s1. The summed E-state index contributed by atoms with van der Waals surface area (Å²) in [6.07, 6.45) is 1.56. The van der Waals surface area contributed by atoms with E-state index in [1.807, 2.05) is 0 Å². The molecule has 1 unspecified atom stereocenters. The minimum atomic E-state index is -0.344. The normalized spacial score (nSPS) is 37.9. The molecule has 0 heterocycles. The smallest absolute Gasteiger partial charge is 0.102 e. The zero-order chi connectivity index (χ0) is 10.7. The Hall–Kier alpha value is -0.700. The molecule has 4 atom stereocenters. The number of hydrogen-bond donors (Lipinski definition) is 1. The van der Waals surface area contributed by atoms with E-state index < -0.39 is 0 Å². The second-order valence-corrected chi connectivity index (χ2v) is 4.59. The van der Waals surface area contributed by atoms with Crippen LogP contribution in [0.3, 0.4) is 0 Å². The van der Waals surface area contributed by atoms with E-state index in [0.717, 1.165) is 18.4 Å². The maximum absolute atomic E-state index is 10.1. The third-order valence-corrected chi connectivity index (χ3v) is 3.18. The van der Waals surface area contributed by atoms with Gasteiger partial charge in [-0.25, -0.2) is 0 Å². The predicted octanol–water partition coefficient (Wildman–Crippen LogP) is 2.35. The quantitative estimate of drug-likeness (QED) is 0.557. The van der Waals surface area contributed by atoms with Crippen molar-refractivity contribution in [2.24, 2.45) is 22.9 Å². The second kappa shape index (κ2) is 4.69. The van der Waals surface area contributed by atoms with Crippen LogP contribution in [0.1, 0.15) is 26.7 Å². The van der Waals surface area contributed by atoms with Gasteiger partial charge in [0.2, 0.25) is 0 Å². The average molecular weight is 197 g/mol. The topological polar surface area (TPSA) is 49.7 Å². The maximum atomic E-state index is 10.1. The second-order valence-electron chi connectivity index (χ2n) is 4.59. The minimum absolute atomic E-state index is 0.0592. The van der Waals surface area contributed by atoms with Gasteiger partial charge < -0.3 is 5.11 Å². The van der Waals surface area contributed by atoms with E-state index in [1.54, 1.807) is 0 Å². The highest BCUT2D eigenvalue weighted by atomic mass is 16.3. The summed E-state index contributed by atoms with van der Waals surface area (Å²) in [6.45, 7) is 8.24. The van der Waals surface area contributed by atoms with Crippen molar-refractivity contribution in [3.63, 3.8) is 0 Å². The van der Waals surface area contributed by atoms with E-state index in [1.165, 1.54) is 0 Å². The molecule has 1 aliphatic carbocycles. The number of hydrogen-bond acceptors (Lipinski definition) is 3. The molecule has 3 nitrogen and oxygen atoms in total. The molecule has 80 valence electrons. The molecular weight excluding hydrogens is 178 g/mol. The van der Waals surface area contributed by atoms with Crippen LogP contribution < -0.4 is 0 Å². The van der Waals surface area contributed by atoms with Crippen LogP contribution >= 0.6 is 0 Å². The number of aliphatic hydroxyl groups excluding tert-OH is 1. The third kappa shape index (κ3) is 2.41. The Morgan fingerprint density at radius 2 is 2.14 bits per heavy atom. The molecule has 0 spiro atoms. The van der Waals surface area contributed by atoms with Gasteiger partial charge in [-0.15, -0.1) is 0 Å². The lowest BCUT2D eigenvalue weighted by atomic mass is 9.71. The molecule has 1 aliphatic rings. The molecule has 1 fully saturated rings. The SMILES string of the molecule is C=C(CN=O)[C@@H]1C(C)C[C@@H](C)C[C@H]1O. The zero-order valence-electron chi connectivity index (χ0n) is 8.94. The Morgan fingerprint density at radius 1 is 1.50 bits per heavy atom. The molecule has 0 aromatic heterocycles. The van der Waals surface area contributed by atoms with Crippen molar-refractivity contribution in [2.75, 3.05) is 6.54 Å². The molecule has 0 aromatic carbocycles. The summed E-state index contributed by atoms with van der Waals surface area (Å²) in [5.74, 6) is 1.03. The number of aliphatic hydroxyl groups is 1. The van der Waals surface area contributed by atoms with Gasteiger partial charge in [0.25, 0.3) is 0 Å². The van der Waals surface area contributed by atoms with E-state index >= 15 is 0 Å². The van der Waals surface area contributed by atoms with Crippen LogP contribution in [0.2, 0.25) is 0 Å². The zero-order valence-corrected chi connectivity index (χ0v) is 8.94. The first kappa shape index (κ1) is 11.4.